The molecule has 19 heavy (non-hydrogen) atoms. The third-order valence-corrected chi connectivity index (χ3v) is 3.79. The second-order valence-corrected chi connectivity index (χ2v) is 5.18. The van der Waals surface area contributed by atoms with Crippen LogP contribution in [0.4, 0.5) is 0 Å². The molecule has 1 heterocycles. The van der Waals surface area contributed by atoms with E-state index in [0.29, 0.717) is 23.4 Å². The summed E-state index contributed by atoms with van der Waals surface area (Å²) in [6.07, 6.45) is 2.09. The highest BCUT2D eigenvalue weighted by molar-refractivity contribution is 7.08. The monoisotopic (exact) mass is 285 g/mol. The summed E-state index contributed by atoms with van der Waals surface area (Å²) in [6.45, 7) is 5.55. The van der Waals surface area contributed by atoms with E-state index < -0.39 is 5.54 Å². The Hall–Kier alpha value is -1.70. The van der Waals surface area contributed by atoms with Crippen molar-refractivity contribution >= 4 is 23.3 Å². The van der Waals surface area contributed by atoms with Gasteiger partial charge in [0.05, 0.1) is 11.2 Å². The van der Waals surface area contributed by atoms with Crippen molar-refractivity contribution in [2.75, 3.05) is 0 Å². The van der Waals surface area contributed by atoms with Crippen molar-refractivity contribution < 1.29 is 10.0 Å². The number of carbonyl (C=O) groups is 1. The minimum atomic E-state index is -0.890. The van der Waals surface area contributed by atoms with Crippen LogP contribution < -0.4 is 11.1 Å². The maximum atomic E-state index is 12.2. The summed E-state index contributed by atoms with van der Waals surface area (Å²) >= 11 is 1.05. The molecular weight excluding hydrogens is 266 g/mol. The Balaban J connectivity index is 2.92. The van der Waals surface area contributed by atoms with E-state index in [4.69, 9.17) is 10.9 Å². The summed E-state index contributed by atoms with van der Waals surface area (Å²) in [7, 11) is 0. The smallest absolute Gasteiger partial charge is 0.265 e. The maximum Gasteiger partial charge on any atom is 0.265 e. The molecule has 8 heteroatoms. The number of oxime groups is 1. The van der Waals surface area contributed by atoms with Crippen molar-refractivity contribution in [1.29, 1.82) is 0 Å². The normalized spacial score (nSPS) is 15.0. The van der Waals surface area contributed by atoms with E-state index in [9.17, 15) is 4.79 Å². The van der Waals surface area contributed by atoms with Gasteiger partial charge in [0.2, 0.25) is 0 Å². The van der Waals surface area contributed by atoms with E-state index in [2.05, 4.69) is 20.1 Å². The van der Waals surface area contributed by atoms with Crippen LogP contribution in [0.2, 0.25) is 0 Å². The van der Waals surface area contributed by atoms with E-state index >= 15 is 0 Å². The lowest BCUT2D eigenvalue weighted by molar-refractivity contribution is 0.0928. The lowest BCUT2D eigenvalue weighted by atomic mass is 9.97. The number of aryl methyl sites for hydroxylation is 1. The van der Waals surface area contributed by atoms with Crippen molar-refractivity contribution in [1.82, 2.24) is 14.9 Å². The number of carbonyl (C=O) groups excluding carboxylic acids is 1. The standard InChI is InChI=1S/C11H19N5O2S/c1-4-6-7-8(19-16-14-7)9(17)13-11(3,5-2)10(12)15-18/h18H,4-6H2,1-3H3,(H2,12,15)(H,13,17). The van der Waals surface area contributed by atoms with Crippen LogP contribution in [0.25, 0.3) is 0 Å². The van der Waals surface area contributed by atoms with E-state index in [1.807, 2.05) is 13.8 Å². The van der Waals surface area contributed by atoms with Crippen LogP contribution in [0.15, 0.2) is 5.16 Å². The summed E-state index contributed by atoms with van der Waals surface area (Å²) in [5.41, 5.74) is 5.41. The fourth-order valence-corrected chi connectivity index (χ4v) is 2.14. The third-order valence-electron chi connectivity index (χ3n) is 3.02. The van der Waals surface area contributed by atoms with Gasteiger partial charge in [-0.2, -0.15) is 0 Å². The van der Waals surface area contributed by atoms with Gasteiger partial charge in [0, 0.05) is 0 Å². The molecule has 106 valence electrons. The third kappa shape index (κ3) is 3.40. The molecule has 1 amide bonds. The van der Waals surface area contributed by atoms with Gasteiger partial charge in [0.15, 0.2) is 5.84 Å². The van der Waals surface area contributed by atoms with Crippen LogP contribution >= 0.6 is 11.5 Å². The second-order valence-electron chi connectivity index (χ2n) is 4.42. The number of nitrogens with one attached hydrogen (secondary N) is 1. The largest absolute Gasteiger partial charge is 0.409 e. The number of hydrogen-bond acceptors (Lipinski definition) is 6. The van der Waals surface area contributed by atoms with Gasteiger partial charge in [-0.05, 0) is 31.3 Å². The van der Waals surface area contributed by atoms with E-state index in [1.54, 1.807) is 6.92 Å². The average Bonchev–Trinajstić information content (AvgIpc) is 2.86. The second kappa shape index (κ2) is 6.46. The van der Waals surface area contributed by atoms with Gasteiger partial charge in [-0.1, -0.05) is 29.9 Å². The molecule has 0 saturated heterocycles. The lowest BCUT2D eigenvalue weighted by Gasteiger charge is -2.27. The molecule has 0 radical (unpaired) electrons. The Morgan fingerprint density at radius 3 is 2.79 bits per heavy atom. The number of nitrogens with two attached hydrogens (primary N) is 1. The molecule has 1 unspecified atom stereocenters. The number of amidine groups is 1. The molecule has 0 fully saturated rings. The predicted octanol–water partition coefficient (Wildman–Crippen LogP) is 1.14. The first kappa shape index (κ1) is 15.4. The summed E-state index contributed by atoms with van der Waals surface area (Å²) in [5, 5.41) is 18.5. The summed E-state index contributed by atoms with van der Waals surface area (Å²) in [4.78, 5) is 12.7. The van der Waals surface area contributed by atoms with Crippen molar-refractivity contribution in [3.63, 3.8) is 0 Å². The minimum absolute atomic E-state index is 0.0298. The highest BCUT2D eigenvalue weighted by atomic mass is 32.1. The summed E-state index contributed by atoms with van der Waals surface area (Å²) < 4.78 is 3.80. The van der Waals surface area contributed by atoms with E-state index in [-0.39, 0.29) is 11.7 Å². The van der Waals surface area contributed by atoms with Gasteiger partial charge in [0.25, 0.3) is 5.91 Å². The molecule has 1 aromatic heterocycles. The van der Waals surface area contributed by atoms with Crippen molar-refractivity contribution in [2.45, 2.75) is 45.6 Å². The topological polar surface area (TPSA) is 113 Å². The van der Waals surface area contributed by atoms with Gasteiger partial charge in [-0.3, -0.25) is 4.79 Å². The Morgan fingerprint density at radius 2 is 2.26 bits per heavy atom. The Morgan fingerprint density at radius 1 is 1.58 bits per heavy atom. The van der Waals surface area contributed by atoms with Gasteiger partial charge in [-0.25, -0.2) is 0 Å². The number of aromatic nitrogens is 2. The first-order valence-electron chi connectivity index (χ1n) is 6.10. The molecule has 1 aromatic rings. The minimum Gasteiger partial charge on any atom is -0.409 e. The molecule has 1 atom stereocenters. The zero-order chi connectivity index (χ0) is 14.5. The molecule has 4 N–H and O–H groups in total. The number of amides is 1. The van der Waals surface area contributed by atoms with Crippen LogP contribution in [0.1, 0.15) is 49.0 Å². The molecule has 0 saturated carbocycles. The molecule has 0 bridgehead atoms. The molecule has 7 nitrogen and oxygen atoms in total. The zero-order valence-corrected chi connectivity index (χ0v) is 12.1. The molecule has 0 spiro atoms. The molecule has 1 rings (SSSR count). The SMILES string of the molecule is CCCc1nnsc1C(=O)NC(C)(CC)C(N)=NO. The maximum absolute atomic E-state index is 12.2. The Bertz CT molecular complexity index is 473. The van der Waals surface area contributed by atoms with Crippen molar-refractivity contribution in [3.8, 4) is 0 Å². The fraction of sp³-hybridized carbons (Fsp3) is 0.636. The highest BCUT2D eigenvalue weighted by Crippen LogP contribution is 2.16. The van der Waals surface area contributed by atoms with Crippen LogP contribution in [-0.2, 0) is 6.42 Å². The molecule has 0 aliphatic carbocycles. The number of nitrogens with zero attached hydrogens (tertiary/aromatic N) is 3. The van der Waals surface area contributed by atoms with Crippen molar-refractivity contribution in [2.24, 2.45) is 10.9 Å². The van der Waals surface area contributed by atoms with Gasteiger partial charge in [-0.15, -0.1) is 5.10 Å². The van der Waals surface area contributed by atoms with E-state index in [0.717, 1.165) is 18.0 Å². The Kier molecular flexibility index (Phi) is 5.22. The first-order chi connectivity index (χ1) is 8.98. The van der Waals surface area contributed by atoms with E-state index in [1.165, 1.54) is 0 Å². The molecule has 0 aliphatic heterocycles. The van der Waals surface area contributed by atoms with Crippen LogP contribution in [0, 0.1) is 0 Å². The molecule has 0 aromatic carbocycles. The average molecular weight is 285 g/mol. The van der Waals surface area contributed by atoms with Gasteiger partial charge < -0.3 is 16.3 Å². The lowest BCUT2D eigenvalue weighted by Crippen LogP contribution is -2.55. The molecule has 0 aliphatic rings. The molecular formula is C11H19N5O2S. The Labute approximate surface area is 116 Å². The summed E-state index contributed by atoms with van der Waals surface area (Å²) in [5.74, 6) is -0.327. The highest BCUT2D eigenvalue weighted by Gasteiger charge is 2.31. The van der Waals surface area contributed by atoms with Crippen LogP contribution in [-0.4, -0.2) is 32.1 Å². The number of hydrogen-bond donors (Lipinski definition) is 3. The zero-order valence-electron chi connectivity index (χ0n) is 11.3. The quantitative estimate of drug-likeness (QED) is 0.314. The van der Waals surface area contributed by atoms with Crippen LogP contribution in [0.5, 0.6) is 0 Å². The first-order valence-corrected chi connectivity index (χ1v) is 6.87. The predicted molar refractivity (Wildman–Crippen MR) is 73.5 cm³/mol. The van der Waals surface area contributed by atoms with Crippen molar-refractivity contribution in [3.05, 3.63) is 10.6 Å². The number of rotatable bonds is 6. The van der Waals surface area contributed by atoms with Gasteiger partial charge in [0.1, 0.15) is 4.88 Å². The summed E-state index contributed by atoms with van der Waals surface area (Å²) in [6, 6.07) is 0. The van der Waals surface area contributed by atoms with Gasteiger partial charge >= 0.3 is 0 Å². The van der Waals surface area contributed by atoms with Crippen LogP contribution in [0.3, 0.4) is 0 Å². The fourth-order valence-electron chi connectivity index (χ4n) is 1.53.